The molecule has 2 rings (SSSR count). The Morgan fingerprint density at radius 1 is 1.40 bits per heavy atom. The number of nitrogens with zero attached hydrogens (tertiary/aromatic N) is 2. The van der Waals surface area contributed by atoms with Crippen LogP contribution in [0.25, 0.3) is 0 Å². The zero-order valence-corrected chi connectivity index (χ0v) is 11.0. The van der Waals surface area contributed by atoms with Crippen molar-refractivity contribution in [2.24, 2.45) is 0 Å². The highest BCUT2D eigenvalue weighted by atomic mass is 16.3. The van der Waals surface area contributed by atoms with E-state index in [4.69, 9.17) is 10.4 Å². The summed E-state index contributed by atoms with van der Waals surface area (Å²) in [6, 6.07) is 8.84. The number of aliphatic hydroxyl groups is 1. The van der Waals surface area contributed by atoms with E-state index in [-0.39, 0.29) is 18.6 Å². The Morgan fingerprint density at radius 2 is 2.10 bits per heavy atom. The number of aliphatic hydroxyl groups excluding tert-OH is 1. The standard InChI is InChI=1S/C14H14N4O2/c1-9-12(6-7-19)13(20)18-14(16-9)17-11-4-2-10(8-15)3-5-11/h2-5,19H,6-7H2,1H3,(H2,16,17,18,20). The summed E-state index contributed by atoms with van der Waals surface area (Å²) in [6.45, 7) is 1.64. The molecule has 0 aliphatic carbocycles. The maximum Gasteiger partial charge on any atom is 0.255 e. The van der Waals surface area contributed by atoms with E-state index < -0.39 is 0 Å². The molecule has 1 aromatic heterocycles. The smallest absolute Gasteiger partial charge is 0.255 e. The van der Waals surface area contributed by atoms with Gasteiger partial charge in [0.1, 0.15) is 0 Å². The van der Waals surface area contributed by atoms with Crippen LogP contribution in [0, 0.1) is 18.3 Å². The van der Waals surface area contributed by atoms with Crippen LogP contribution >= 0.6 is 0 Å². The summed E-state index contributed by atoms with van der Waals surface area (Å²) >= 11 is 0. The first-order valence-corrected chi connectivity index (χ1v) is 6.12. The van der Waals surface area contributed by atoms with Crippen LogP contribution in [0.1, 0.15) is 16.8 Å². The normalized spacial score (nSPS) is 10.1. The number of aryl methyl sites for hydroxylation is 1. The van der Waals surface area contributed by atoms with Crippen molar-refractivity contribution in [1.29, 1.82) is 5.26 Å². The van der Waals surface area contributed by atoms with Crippen LogP contribution in [0.4, 0.5) is 11.6 Å². The Balaban J connectivity index is 2.25. The van der Waals surface area contributed by atoms with E-state index >= 15 is 0 Å². The van der Waals surface area contributed by atoms with E-state index in [1.54, 1.807) is 31.2 Å². The summed E-state index contributed by atoms with van der Waals surface area (Å²) in [5.41, 5.74) is 2.09. The van der Waals surface area contributed by atoms with Crippen molar-refractivity contribution >= 4 is 11.6 Å². The quantitative estimate of drug-likeness (QED) is 0.775. The van der Waals surface area contributed by atoms with Crippen molar-refractivity contribution in [3.05, 3.63) is 51.4 Å². The van der Waals surface area contributed by atoms with Crippen molar-refractivity contribution in [1.82, 2.24) is 9.97 Å². The third-order valence-electron chi connectivity index (χ3n) is 2.86. The molecule has 0 radical (unpaired) electrons. The number of anilines is 2. The number of aromatic amines is 1. The van der Waals surface area contributed by atoms with Gasteiger partial charge in [0.05, 0.1) is 17.3 Å². The molecule has 3 N–H and O–H groups in total. The maximum atomic E-state index is 11.9. The van der Waals surface area contributed by atoms with E-state index in [0.29, 0.717) is 22.8 Å². The minimum atomic E-state index is -0.261. The zero-order chi connectivity index (χ0) is 14.5. The zero-order valence-electron chi connectivity index (χ0n) is 11.0. The molecule has 6 heteroatoms. The monoisotopic (exact) mass is 270 g/mol. The number of nitriles is 1. The molecule has 0 atom stereocenters. The fourth-order valence-corrected chi connectivity index (χ4v) is 1.84. The Morgan fingerprint density at radius 3 is 2.65 bits per heavy atom. The van der Waals surface area contributed by atoms with E-state index in [1.807, 2.05) is 6.07 Å². The van der Waals surface area contributed by atoms with Crippen LogP contribution in [0.3, 0.4) is 0 Å². The minimum Gasteiger partial charge on any atom is -0.396 e. The highest BCUT2D eigenvalue weighted by molar-refractivity contribution is 5.54. The summed E-state index contributed by atoms with van der Waals surface area (Å²) in [5.74, 6) is 0.332. The van der Waals surface area contributed by atoms with Crippen molar-refractivity contribution in [2.45, 2.75) is 13.3 Å². The third kappa shape index (κ3) is 3.02. The SMILES string of the molecule is Cc1nc(Nc2ccc(C#N)cc2)[nH]c(=O)c1CCO. The average Bonchev–Trinajstić information content (AvgIpc) is 2.44. The molecule has 20 heavy (non-hydrogen) atoms. The van der Waals surface area contributed by atoms with Gasteiger partial charge in [-0.2, -0.15) is 5.26 Å². The second kappa shape index (κ2) is 5.99. The molecule has 2 aromatic rings. The molecule has 1 heterocycles. The fourth-order valence-electron chi connectivity index (χ4n) is 1.84. The van der Waals surface area contributed by atoms with Gasteiger partial charge < -0.3 is 10.4 Å². The van der Waals surface area contributed by atoms with Crippen LogP contribution in [-0.4, -0.2) is 21.7 Å². The topological polar surface area (TPSA) is 102 Å². The van der Waals surface area contributed by atoms with Crippen molar-refractivity contribution in [2.75, 3.05) is 11.9 Å². The molecule has 0 spiro atoms. The third-order valence-corrected chi connectivity index (χ3v) is 2.86. The first-order valence-electron chi connectivity index (χ1n) is 6.12. The largest absolute Gasteiger partial charge is 0.396 e. The number of H-pyrrole nitrogens is 1. The number of hydrogen-bond acceptors (Lipinski definition) is 5. The summed E-state index contributed by atoms with van der Waals surface area (Å²) in [4.78, 5) is 18.7. The molecule has 0 aliphatic rings. The fraction of sp³-hybridized carbons (Fsp3) is 0.214. The van der Waals surface area contributed by atoms with E-state index in [0.717, 1.165) is 5.69 Å². The number of rotatable bonds is 4. The van der Waals surface area contributed by atoms with Gasteiger partial charge in [0.2, 0.25) is 5.95 Å². The van der Waals surface area contributed by atoms with Gasteiger partial charge in [-0.05, 0) is 31.2 Å². The van der Waals surface area contributed by atoms with E-state index in [1.165, 1.54) is 0 Å². The average molecular weight is 270 g/mol. The lowest BCUT2D eigenvalue weighted by Gasteiger charge is -2.08. The van der Waals surface area contributed by atoms with E-state index in [2.05, 4.69) is 15.3 Å². The Bertz CT molecular complexity index is 699. The van der Waals surface area contributed by atoms with E-state index in [9.17, 15) is 4.79 Å². The van der Waals surface area contributed by atoms with Gasteiger partial charge in [-0.1, -0.05) is 0 Å². The summed E-state index contributed by atoms with van der Waals surface area (Å²) < 4.78 is 0. The Hall–Kier alpha value is -2.65. The van der Waals surface area contributed by atoms with Crippen molar-refractivity contribution in [3.63, 3.8) is 0 Å². The van der Waals surface area contributed by atoms with Crippen LogP contribution in [0.15, 0.2) is 29.1 Å². The van der Waals surface area contributed by atoms with Crippen LogP contribution in [0.2, 0.25) is 0 Å². The summed E-state index contributed by atoms with van der Waals surface area (Å²) in [5, 5.41) is 20.6. The molecule has 0 fully saturated rings. The van der Waals surface area contributed by atoms with Gasteiger partial charge in [-0.3, -0.25) is 9.78 Å². The lowest BCUT2D eigenvalue weighted by molar-refractivity contribution is 0.298. The van der Waals surface area contributed by atoms with Crippen LogP contribution in [0.5, 0.6) is 0 Å². The van der Waals surface area contributed by atoms with Crippen LogP contribution < -0.4 is 10.9 Å². The first-order chi connectivity index (χ1) is 9.63. The predicted molar refractivity (Wildman–Crippen MR) is 74.8 cm³/mol. The number of nitrogens with one attached hydrogen (secondary N) is 2. The molecule has 0 unspecified atom stereocenters. The lowest BCUT2D eigenvalue weighted by atomic mass is 10.2. The van der Waals surface area contributed by atoms with Crippen molar-refractivity contribution < 1.29 is 5.11 Å². The van der Waals surface area contributed by atoms with Gasteiger partial charge in [-0.25, -0.2) is 4.98 Å². The number of benzene rings is 1. The predicted octanol–water partition coefficient (Wildman–Crippen LogP) is 1.23. The molecule has 1 aromatic carbocycles. The van der Waals surface area contributed by atoms with Gasteiger partial charge in [0, 0.05) is 24.3 Å². The second-order valence-electron chi connectivity index (χ2n) is 4.27. The maximum absolute atomic E-state index is 11.9. The molecular weight excluding hydrogens is 256 g/mol. The molecule has 0 saturated heterocycles. The minimum absolute atomic E-state index is 0.0893. The number of hydrogen-bond donors (Lipinski definition) is 3. The molecule has 0 amide bonds. The van der Waals surface area contributed by atoms with Gasteiger partial charge in [0.15, 0.2) is 0 Å². The molecule has 6 nitrogen and oxygen atoms in total. The molecule has 0 aliphatic heterocycles. The molecule has 0 bridgehead atoms. The molecule has 102 valence electrons. The summed E-state index contributed by atoms with van der Waals surface area (Å²) in [6.07, 6.45) is 0.283. The lowest BCUT2D eigenvalue weighted by Crippen LogP contribution is -2.19. The number of aromatic nitrogens is 2. The van der Waals surface area contributed by atoms with Gasteiger partial charge in [-0.15, -0.1) is 0 Å². The summed E-state index contributed by atoms with van der Waals surface area (Å²) in [7, 11) is 0. The van der Waals surface area contributed by atoms with Crippen molar-refractivity contribution in [3.8, 4) is 6.07 Å². The van der Waals surface area contributed by atoms with Crippen LogP contribution in [-0.2, 0) is 6.42 Å². The highest BCUT2D eigenvalue weighted by Gasteiger charge is 2.07. The first kappa shape index (κ1) is 13.8. The van der Waals surface area contributed by atoms with Gasteiger partial charge in [0.25, 0.3) is 5.56 Å². The van der Waals surface area contributed by atoms with Gasteiger partial charge >= 0.3 is 0 Å². The Kier molecular flexibility index (Phi) is 4.13. The molecule has 0 saturated carbocycles. The second-order valence-corrected chi connectivity index (χ2v) is 4.27. The Labute approximate surface area is 115 Å². The molecular formula is C14H14N4O2. The highest BCUT2D eigenvalue weighted by Crippen LogP contribution is 2.13.